The summed E-state index contributed by atoms with van der Waals surface area (Å²) in [7, 11) is 0. The van der Waals surface area contributed by atoms with Crippen molar-refractivity contribution in [1.82, 2.24) is 5.43 Å². The highest BCUT2D eigenvalue weighted by Crippen LogP contribution is 2.37. The average molecular weight is 419 g/mol. The van der Waals surface area contributed by atoms with Crippen molar-refractivity contribution in [2.75, 3.05) is 5.01 Å². The second-order valence-electron chi connectivity index (χ2n) is 6.49. The largest absolute Gasteiger partial charge is 0.399 e. The minimum atomic E-state index is -4.47. The topological polar surface area (TPSA) is 51.4 Å². The number of hydrogen-bond donors (Lipinski definition) is 1. The Kier molecular flexibility index (Phi) is 6.14. The molecule has 1 N–H and O–H groups in total. The van der Waals surface area contributed by atoms with Crippen LogP contribution in [0.4, 0.5) is 18.9 Å². The van der Waals surface area contributed by atoms with E-state index >= 15 is 0 Å². The fourth-order valence-electron chi connectivity index (χ4n) is 3.13. The number of hydrogen-bond acceptors (Lipinski definition) is 4. The van der Waals surface area contributed by atoms with Crippen LogP contribution in [0.5, 0.6) is 0 Å². The summed E-state index contributed by atoms with van der Waals surface area (Å²) in [5.41, 5.74) is 4.49. The van der Waals surface area contributed by atoms with E-state index in [9.17, 15) is 18.4 Å². The van der Waals surface area contributed by atoms with E-state index in [0.717, 1.165) is 12.5 Å². The molecule has 0 spiro atoms. The Balaban J connectivity index is 1.90. The summed E-state index contributed by atoms with van der Waals surface area (Å²) in [6, 6.07) is 12.7. The molecule has 0 bridgehead atoms. The molecule has 1 aliphatic rings. The van der Waals surface area contributed by atoms with Gasteiger partial charge in [0.25, 0.3) is 0 Å². The van der Waals surface area contributed by atoms with Gasteiger partial charge >= 0.3 is 6.18 Å². The van der Waals surface area contributed by atoms with Crippen LogP contribution in [-0.4, -0.2) is 18.7 Å². The van der Waals surface area contributed by atoms with Gasteiger partial charge in [0, 0.05) is 5.02 Å². The van der Waals surface area contributed by atoms with Gasteiger partial charge in [-0.3, -0.25) is 10.4 Å². The van der Waals surface area contributed by atoms with Gasteiger partial charge in [-0.15, -0.1) is 0 Å². The van der Waals surface area contributed by atoms with Crippen LogP contribution in [-0.2, 0) is 0 Å². The van der Waals surface area contributed by atoms with E-state index in [2.05, 4.69) is 16.5 Å². The number of hydrazine groups is 1. The molecule has 0 saturated heterocycles. The molecule has 2 aromatic rings. The lowest BCUT2D eigenvalue weighted by Gasteiger charge is -2.25. The maximum atomic E-state index is 13.6. The standard InChI is InChI=1S/C21H18ClF3N4/c1-2-20-27-13-28-29(20)19-9-7-14(10-16(19)12-26)6-8-18(21(23,24)25)15-4-3-5-17(22)11-15/h3-11,13,18,20H,2H2,1H3,(H,27,28). The van der Waals surface area contributed by atoms with Crippen LogP contribution in [0.15, 0.2) is 53.5 Å². The highest BCUT2D eigenvalue weighted by Gasteiger charge is 2.38. The Hall–Kier alpha value is -2.98. The molecule has 2 atom stereocenters. The second-order valence-corrected chi connectivity index (χ2v) is 6.92. The van der Waals surface area contributed by atoms with Gasteiger partial charge in [-0.25, -0.2) is 4.99 Å². The second kappa shape index (κ2) is 8.58. The molecule has 0 saturated carbocycles. The fourth-order valence-corrected chi connectivity index (χ4v) is 3.32. The van der Waals surface area contributed by atoms with Gasteiger partial charge in [-0.2, -0.15) is 18.4 Å². The highest BCUT2D eigenvalue weighted by atomic mass is 35.5. The van der Waals surface area contributed by atoms with Crippen LogP contribution in [0, 0.1) is 11.3 Å². The summed E-state index contributed by atoms with van der Waals surface area (Å²) < 4.78 is 40.7. The van der Waals surface area contributed by atoms with E-state index in [1.807, 2.05) is 6.92 Å². The quantitative estimate of drug-likeness (QED) is 0.681. The Morgan fingerprint density at radius 3 is 2.76 bits per heavy atom. The molecule has 0 amide bonds. The van der Waals surface area contributed by atoms with Gasteiger partial charge in [0.2, 0.25) is 0 Å². The average Bonchev–Trinajstić information content (AvgIpc) is 3.15. The fraction of sp³-hybridized carbons (Fsp3) is 0.238. The summed E-state index contributed by atoms with van der Waals surface area (Å²) in [6.45, 7) is 1.97. The van der Waals surface area contributed by atoms with Crippen molar-refractivity contribution in [2.24, 2.45) is 4.99 Å². The molecular formula is C21H18ClF3N4. The van der Waals surface area contributed by atoms with Crippen LogP contribution in [0.2, 0.25) is 5.02 Å². The summed E-state index contributed by atoms with van der Waals surface area (Å²) in [5, 5.41) is 11.5. The zero-order valence-electron chi connectivity index (χ0n) is 15.5. The molecule has 0 aliphatic carbocycles. The van der Waals surface area contributed by atoms with E-state index in [1.165, 1.54) is 30.3 Å². The summed E-state index contributed by atoms with van der Waals surface area (Å²) in [6.07, 6.45) is 0.138. The number of anilines is 1. The molecular weight excluding hydrogens is 401 g/mol. The summed E-state index contributed by atoms with van der Waals surface area (Å²) in [4.78, 5) is 4.27. The first-order chi connectivity index (χ1) is 13.8. The molecule has 4 nitrogen and oxygen atoms in total. The number of nitrogens with one attached hydrogen (secondary N) is 1. The Morgan fingerprint density at radius 1 is 1.31 bits per heavy atom. The van der Waals surface area contributed by atoms with Crippen molar-refractivity contribution < 1.29 is 13.2 Å². The van der Waals surface area contributed by atoms with Gasteiger partial charge in [0.05, 0.1) is 17.2 Å². The number of nitriles is 1. The molecule has 0 fully saturated rings. The smallest absolute Gasteiger partial charge is 0.286 e. The molecule has 3 rings (SSSR count). The van der Waals surface area contributed by atoms with E-state index < -0.39 is 12.1 Å². The number of halogens is 4. The highest BCUT2D eigenvalue weighted by molar-refractivity contribution is 6.30. The van der Waals surface area contributed by atoms with Crippen LogP contribution < -0.4 is 10.4 Å². The maximum absolute atomic E-state index is 13.6. The molecule has 1 heterocycles. The third-order valence-electron chi connectivity index (χ3n) is 4.55. The van der Waals surface area contributed by atoms with E-state index in [0.29, 0.717) is 16.8 Å². The van der Waals surface area contributed by atoms with Gasteiger partial charge < -0.3 is 0 Å². The normalized spacial score (nSPS) is 17.4. The number of alkyl halides is 3. The zero-order valence-corrected chi connectivity index (χ0v) is 16.2. The van der Waals surface area contributed by atoms with E-state index in [-0.39, 0.29) is 16.8 Å². The monoisotopic (exact) mass is 418 g/mol. The van der Waals surface area contributed by atoms with Gasteiger partial charge in [0.15, 0.2) is 0 Å². The van der Waals surface area contributed by atoms with Crippen molar-refractivity contribution >= 4 is 29.7 Å². The Bertz CT molecular complexity index is 979. The first kappa shape index (κ1) is 20.7. The number of aliphatic imine (C=N–C) groups is 1. The maximum Gasteiger partial charge on any atom is 0.399 e. The van der Waals surface area contributed by atoms with Crippen LogP contribution >= 0.6 is 11.6 Å². The number of nitrogens with zero attached hydrogens (tertiary/aromatic N) is 3. The molecule has 2 unspecified atom stereocenters. The Morgan fingerprint density at radius 2 is 2.10 bits per heavy atom. The minimum absolute atomic E-state index is 0.0579. The third-order valence-corrected chi connectivity index (χ3v) is 4.78. The van der Waals surface area contributed by atoms with Gasteiger partial charge in [-0.1, -0.05) is 48.9 Å². The van der Waals surface area contributed by atoms with Crippen LogP contribution in [0.3, 0.4) is 0 Å². The van der Waals surface area contributed by atoms with Crippen LogP contribution in [0.1, 0.15) is 36.0 Å². The first-order valence-corrected chi connectivity index (χ1v) is 9.33. The molecule has 29 heavy (non-hydrogen) atoms. The number of allylic oxidation sites excluding steroid dienone is 1. The predicted octanol–water partition coefficient (Wildman–Crippen LogP) is 5.66. The van der Waals surface area contributed by atoms with Crippen molar-refractivity contribution in [3.05, 3.63) is 70.3 Å². The molecule has 0 aromatic heterocycles. The molecule has 0 radical (unpaired) electrons. The predicted molar refractivity (Wildman–Crippen MR) is 109 cm³/mol. The summed E-state index contributed by atoms with van der Waals surface area (Å²) >= 11 is 5.85. The molecule has 2 aromatic carbocycles. The van der Waals surface area contributed by atoms with E-state index in [4.69, 9.17) is 11.6 Å². The van der Waals surface area contributed by atoms with Gasteiger partial charge in [0.1, 0.15) is 18.6 Å². The van der Waals surface area contributed by atoms with Crippen molar-refractivity contribution in [2.45, 2.75) is 31.6 Å². The van der Waals surface area contributed by atoms with Crippen molar-refractivity contribution in [3.8, 4) is 6.07 Å². The molecule has 150 valence electrons. The SMILES string of the molecule is CCC1N=CNN1c1ccc(C=CC(c2cccc(Cl)c2)C(F)(F)F)cc1C#N. The third kappa shape index (κ3) is 4.72. The lowest BCUT2D eigenvalue weighted by molar-refractivity contribution is -0.139. The number of benzene rings is 2. The van der Waals surface area contributed by atoms with Gasteiger partial charge in [-0.05, 0) is 41.8 Å². The lowest BCUT2D eigenvalue weighted by Crippen LogP contribution is -2.38. The molecule has 8 heteroatoms. The van der Waals surface area contributed by atoms with Crippen molar-refractivity contribution in [1.29, 1.82) is 5.26 Å². The van der Waals surface area contributed by atoms with E-state index in [1.54, 1.807) is 29.5 Å². The first-order valence-electron chi connectivity index (χ1n) is 8.95. The summed E-state index contributed by atoms with van der Waals surface area (Å²) in [5.74, 6) is -1.80. The Labute approximate surface area is 171 Å². The van der Waals surface area contributed by atoms with Crippen molar-refractivity contribution in [3.63, 3.8) is 0 Å². The lowest BCUT2D eigenvalue weighted by atomic mass is 9.97. The van der Waals surface area contributed by atoms with Crippen LogP contribution in [0.25, 0.3) is 6.08 Å². The zero-order chi connectivity index (χ0) is 21.0. The molecule has 1 aliphatic heterocycles. The minimum Gasteiger partial charge on any atom is -0.286 e. The number of rotatable bonds is 5.